The molecule has 4 nitrogen and oxygen atoms in total. The zero-order valence-corrected chi connectivity index (χ0v) is 12.4. The standard InChI is InChI=1S/C17H21NO3/c1-3-15(12-8-14(19)9-12)18-17(20)11-4-5-16-13(7-11)6-10(2)21-16/h4-7,12,14-15,19H,3,8-9H2,1-2H3,(H,18,20)/t12?,14?,15-/m1/s1. The van der Waals surface area contributed by atoms with Crippen LogP contribution in [0.5, 0.6) is 0 Å². The predicted molar refractivity (Wildman–Crippen MR) is 81.2 cm³/mol. The summed E-state index contributed by atoms with van der Waals surface area (Å²) in [5.41, 5.74) is 1.46. The van der Waals surface area contributed by atoms with Crippen molar-refractivity contribution in [3.63, 3.8) is 0 Å². The Morgan fingerprint density at radius 2 is 2.19 bits per heavy atom. The molecule has 112 valence electrons. The molecule has 2 aromatic rings. The Bertz CT molecular complexity index is 655. The van der Waals surface area contributed by atoms with Gasteiger partial charge in [-0.05, 0) is 56.4 Å². The van der Waals surface area contributed by atoms with Gasteiger partial charge in [-0.15, -0.1) is 0 Å². The number of hydrogen-bond donors (Lipinski definition) is 2. The lowest BCUT2D eigenvalue weighted by Crippen LogP contribution is -2.46. The highest BCUT2D eigenvalue weighted by Crippen LogP contribution is 2.31. The Morgan fingerprint density at radius 1 is 1.43 bits per heavy atom. The first kappa shape index (κ1) is 14.1. The number of aliphatic hydroxyl groups excluding tert-OH is 1. The molecule has 1 heterocycles. The monoisotopic (exact) mass is 287 g/mol. The van der Waals surface area contributed by atoms with Crippen LogP contribution < -0.4 is 5.32 Å². The van der Waals surface area contributed by atoms with E-state index in [2.05, 4.69) is 12.2 Å². The molecule has 2 N–H and O–H groups in total. The maximum atomic E-state index is 12.4. The maximum absolute atomic E-state index is 12.4. The van der Waals surface area contributed by atoms with Gasteiger partial charge in [-0.2, -0.15) is 0 Å². The normalized spacial score (nSPS) is 22.8. The van der Waals surface area contributed by atoms with Crippen LogP contribution in [0.2, 0.25) is 0 Å². The van der Waals surface area contributed by atoms with E-state index in [1.807, 2.05) is 25.1 Å². The van der Waals surface area contributed by atoms with Gasteiger partial charge in [0, 0.05) is 17.0 Å². The van der Waals surface area contributed by atoms with E-state index in [-0.39, 0.29) is 18.1 Å². The molecule has 1 aliphatic carbocycles. The number of benzene rings is 1. The van der Waals surface area contributed by atoms with Crippen molar-refractivity contribution in [2.45, 2.75) is 45.3 Å². The Morgan fingerprint density at radius 3 is 2.86 bits per heavy atom. The van der Waals surface area contributed by atoms with Gasteiger partial charge in [-0.3, -0.25) is 4.79 Å². The fourth-order valence-electron chi connectivity index (χ4n) is 3.08. The highest BCUT2D eigenvalue weighted by atomic mass is 16.3. The molecule has 1 aliphatic rings. The van der Waals surface area contributed by atoms with Crippen molar-refractivity contribution in [3.05, 3.63) is 35.6 Å². The highest BCUT2D eigenvalue weighted by Gasteiger charge is 2.33. The van der Waals surface area contributed by atoms with E-state index >= 15 is 0 Å². The van der Waals surface area contributed by atoms with E-state index < -0.39 is 0 Å². The van der Waals surface area contributed by atoms with Crippen LogP contribution in [0.4, 0.5) is 0 Å². The van der Waals surface area contributed by atoms with Gasteiger partial charge in [0.25, 0.3) is 5.91 Å². The lowest BCUT2D eigenvalue weighted by molar-refractivity contribution is 0.0232. The molecule has 1 aromatic carbocycles. The summed E-state index contributed by atoms with van der Waals surface area (Å²) in [4.78, 5) is 12.4. The third kappa shape index (κ3) is 2.81. The van der Waals surface area contributed by atoms with E-state index in [1.165, 1.54) is 0 Å². The van der Waals surface area contributed by atoms with Crippen molar-refractivity contribution in [1.82, 2.24) is 5.32 Å². The number of carbonyl (C=O) groups excluding carboxylic acids is 1. The van der Waals surface area contributed by atoms with Crippen molar-refractivity contribution in [1.29, 1.82) is 0 Å². The average Bonchev–Trinajstić information content (AvgIpc) is 2.80. The number of furan rings is 1. The minimum Gasteiger partial charge on any atom is -0.461 e. The van der Waals surface area contributed by atoms with Crippen LogP contribution in [-0.2, 0) is 0 Å². The van der Waals surface area contributed by atoms with E-state index in [0.717, 1.165) is 36.0 Å². The van der Waals surface area contributed by atoms with Crippen molar-refractivity contribution in [2.75, 3.05) is 0 Å². The molecule has 1 saturated carbocycles. The van der Waals surface area contributed by atoms with Crippen molar-refractivity contribution < 1.29 is 14.3 Å². The first-order valence-electron chi connectivity index (χ1n) is 7.56. The third-order valence-corrected chi connectivity index (χ3v) is 4.38. The minimum atomic E-state index is -0.189. The summed E-state index contributed by atoms with van der Waals surface area (Å²) in [6.07, 6.45) is 2.28. The van der Waals surface area contributed by atoms with Crippen molar-refractivity contribution in [2.24, 2.45) is 5.92 Å². The number of carbonyl (C=O) groups is 1. The van der Waals surface area contributed by atoms with Crippen LogP contribution in [-0.4, -0.2) is 23.2 Å². The summed E-state index contributed by atoms with van der Waals surface area (Å²) >= 11 is 0. The quantitative estimate of drug-likeness (QED) is 0.908. The SMILES string of the molecule is CC[C@@H](NC(=O)c1ccc2oc(C)cc2c1)C1CC(O)C1. The summed E-state index contributed by atoms with van der Waals surface area (Å²) in [5.74, 6) is 1.19. The van der Waals surface area contributed by atoms with E-state index in [9.17, 15) is 9.90 Å². The highest BCUT2D eigenvalue weighted by molar-refractivity contribution is 5.98. The fourth-order valence-corrected chi connectivity index (χ4v) is 3.08. The molecule has 0 aliphatic heterocycles. The van der Waals surface area contributed by atoms with Crippen molar-refractivity contribution in [3.8, 4) is 0 Å². The first-order valence-corrected chi connectivity index (χ1v) is 7.56. The molecule has 0 radical (unpaired) electrons. The minimum absolute atomic E-state index is 0.0519. The van der Waals surface area contributed by atoms with Gasteiger partial charge in [-0.1, -0.05) is 6.92 Å². The van der Waals surface area contributed by atoms with Crippen LogP contribution in [0.25, 0.3) is 11.0 Å². The van der Waals surface area contributed by atoms with Gasteiger partial charge in [-0.25, -0.2) is 0 Å². The molecular formula is C17H21NO3. The molecular weight excluding hydrogens is 266 g/mol. The van der Waals surface area contributed by atoms with Crippen LogP contribution in [0.3, 0.4) is 0 Å². The number of rotatable bonds is 4. The Balaban J connectivity index is 1.73. The molecule has 0 bridgehead atoms. The molecule has 3 rings (SSSR count). The summed E-state index contributed by atoms with van der Waals surface area (Å²) in [5, 5.41) is 13.5. The van der Waals surface area contributed by atoms with Crippen LogP contribution in [0, 0.1) is 12.8 Å². The largest absolute Gasteiger partial charge is 0.461 e. The number of amides is 1. The fraction of sp³-hybridized carbons (Fsp3) is 0.471. The van der Waals surface area contributed by atoms with Gasteiger partial charge < -0.3 is 14.8 Å². The molecule has 1 aromatic heterocycles. The summed E-state index contributed by atoms with van der Waals surface area (Å²) in [6.45, 7) is 3.97. The van der Waals surface area contributed by atoms with Gasteiger partial charge >= 0.3 is 0 Å². The van der Waals surface area contributed by atoms with Crippen LogP contribution in [0.1, 0.15) is 42.3 Å². The van der Waals surface area contributed by atoms with Gasteiger partial charge in [0.05, 0.1) is 6.10 Å². The molecule has 0 spiro atoms. The number of aliphatic hydroxyl groups is 1. The third-order valence-electron chi connectivity index (χ3n) is 4.38. The van der Waals surface area contributed by atoms with Gasteiger partial charge in [0.2, 0.25) is 0 Å². The Hall–Kier alpha value is -1.81. The zero-order chi connectivity index (χ0) is 15.0. The molecule has 1 fully saturated rings. The molecule has 0 saturated heterocycles. The Labute approximate surface area is 124 Å². The first-order chi connectivity index (χ1) is 10.1. The van der Waals surface area contributed by atoms with Crippen LogP contribution in [0.15, 0.2) is 28.7 Å². The zero-order valence-electron chi connectivity index (χ0n) is 12.4. The second kappa shape index (κ2) is 5.53. The van der Waals surface area contributed by atoms with Gasteiger partial charge in [0.15, 0.2) is 0 Å². The number of aryl methyl sites for hydroxylation is 1. The molecule has 1 amide bonds. The van der Waals surface area contributed by atoms with E-state index in [0.29, 0.717) is 11.5 Å². The van der Waals surface area contributed by atoms with Crippen molar-refractivity contribution >= 4 is 16.9 Å². The van der Waals surface area contributed by atoms with Gasteiger partial charge in [0.1, 0.15) is 11.3 Å². The van der Waals surface area contributed by atoms with E-state index in [1.54, 1.807) is 6.07 Å². The molecule has 21 heavy (non-hydrogen) atoms. The molecule has 1 atom stereocenters. The molecule has 0 unspecified atom stereocenters. The second-order valence-electron chi connectivity index (χ2n) is 5.98. The predicted octanol–water partition coefficient (Wildman–Crippen LogP) is 3.02. The maximum Gasteiger partial charge on any atom is 0.251 e. The molecule has 4 heteroatoms. The summed E-state index contributed by atoms with van der Waals surface area (Å²) in [6, 6.07) is 7.58. The van der Waals surface area contributed by atoms with Crippen LogP contribution >= 0.6 is 0 Å². The lowest BCUT2D eigenvalue weighted by atomic mass is 9.76. The lowest BCUT2D eigenvalue weighted by Gasteiger charge is -2.37. The smallest absolute Gasteiger partial charge is 0.251 e. The average molecular weight is 287 g/mol. The topological polar surface area (TPSA) is 62.5 Å². The van der Waals surface area contributed by atoms with E-state index in [4.69, 9.17) is 4.42 Å². The summed E-state index contributed by atoms with van der Waals surface area (Å²) < 4.78 is 5.52. The number of hydrogen-bond acceptors (Lipinski definition) is 3. The second-order valence-corrected chi connectivity index (χ2v) is 5.98. The Kier molecular flexibility index (Phi) is 3.72. The number of nitrogens with one attached hydrogen (secondary N) is 1. The summed E-state index contributed by atoms with van der Waals surface area (Å²) in [7, 11) is 0. The number of fused-ring (bicyclic) bond motifs is 1.